The Kier molecular flexibility index (Phi) is 8.07. The van der Waals surface area contributed by atoms with Crippen molar-refractivity contribution in [3.8, 4) is 5.69 Å². The third-order valence-corrected chi connectivity index (χ3v) is 6.65. The summed E-state index contributed by atoms with van der Waals surface area (Å²) in [5.41, 5.74) is 7.40. The van der Waals surface area contributed by atoms with Crippen LogP contribution < -0.4 is 26.5 Å². The highest BCUT2D eigenvalue weighted by Gasteiger charge is 2.33. The Hall–Kier alpha value is -4.16. The number of hydrogen-bond acceptors (Lipinski definition) is 8. The summed E-state index contributed by atoms with van der Waals surface area (Å²) in [6.07, 6.45) is -0.212. The van der Waals surface area contributed by atoms with E-state index < -0.39 is 28.8 Å². The lowest BCUT2D eigenvalue weighted by molar-refractivity contribution is 0.102. The molecule has 4 rings (SSSR count). The Bertz CT molecular complexity index is 1440. The number of hydrogen-bond donors (Lipinski definition) is 2. The van der Waals surface area contributed by atoms with Gasteiger partial charge in [0.2, 0.25) is 0 Å². The van der Waals surface area contributed by atoms with Gasteiger partial charge in [-0.3, -0.25) is 14.6 Å². The summed E-state index contributed by atoms with van der Waals surface area (Å²) >= 11 is 0. The van der Waals surface area contributed by atoms with Gasteiger partial charge in [-0.15, -0.1) is 0 Å². The highest BCUT2D eigenvalue weighted by molar-refractivity contribution is 6.05. The lowest BCUT2D eigenvalue weighted by Crippen LogP contribution is -2.34. The molecule has 2 aromatic carbocycles. The van der Waals surface area contributed by atoms with Crippen molar-refractivity contribution in [2.45, 2.75) is 39.0 Å². The molecule has 39 heavy (non-hydrogen) atoms. The van der Waals surface area contributed by atoms with Gasteiger partial charge in [0.25, 0.3) is 11.5 Å². The van der Waals surface area contributed by atoms with Gasteiger partial charge >= 0.3 is 0 Å². The predicted octanol–water partition coefficient (Wildman–Crippen LogP) is 3.06. The summed E-state index contributed by atoms with van der Waals surface area (Å²) in [4.78, 5) is 27.8. The summed E-state index contributed by atoms with van der Waals surface area (Å²) in [6.45, 7) is 10.5. The molecule has 1 aliphatic rings. The summed E-state index contributed by atoms with van der Waals surface area (Å²) in [5, 5.41) is 12.7. The van der Waals surface area contributed by atoms with Crippen LogP contribution in [0.1, 0.15) is 29.9 Å². The number of ether oxygens (including phenoxy) is 1. The Morgan fingerprint density at radius 3 is 2.46 bits per heavy atom. The normalized spacial score (nSPS) is 17.0. The maximum atomic E-state index is 14.4. The van der Waals surface area contributed by atoms with Crippen LogP contribution in [0, 0.1) is 18.6 Å². The molecule has 0 unspecified atom stereocenters. The van der Waals surface area contributed by atoms with Gasteiger partial charge in [0.1, 0.15) is 11.4 Å². The van der Waals surface area contributed by atoms with Crippen LogP contribution in [0.15, 0.2) is 52.4 Å². The highest BCUT2D eigenvalue weighted by atomic mass is 19.1. The molecule has 3 aromatic rings. The van der Waals surface area contributed by atoms with Crippen molar-refractivity contribution >= 4 is 29.7 Å². The lowest BCUT2D eigenvalue weighted by atomic mass is 10.1. The minimum atomic E-state index is -0.987. The molecule has 10 nitrogen and oxygen atoms in total. The molecule has 1 fully saturated rings. The molecule has 12 heteroatoms. The number of carbonyl (C=O) groups is 1. The fraction of sp³-hybridized carbons (Fsp3) is 0.333. The third kappa shape index (κ3) is 5.38. The summed E-state index contributed by atoms with van der Waals surface area (Å²) in [7, 11) is 1.60. The number of benzene rings is 2. The van der Waals surface area contributed by atoms with E-state index in [1.807, 2.05) is 31.7 Å². The van der Waals surface area contributed by atoms with Crippen molar-refractivity contribution in [2.75, 3.05) is 35.4 Å². The van der Waals surface area contributed by atoms with Gasteiger partial charge in [0.15, 0.2) is 11.6 Å². The van der Waals surface area contributed by atoms with Gasteiger partial charge in [-0.1, -0.05) is 6.07 Å². The van der Waals surface area contributed by atoms with Gasteiger partial charge < -0.3 is 20.7 Å². The summed E-state index contributed by atoms with van der Waals surface area (Å²) < 4.78 is 34.8. The maximum absolute atomic E-state index is 14.4. The first-order chi connectivity index (χ1) is 18.6. The van der Waals surface area contributed by atoms with E-state index in [0.29, 0.717) is 29.1 Å². The quantitative estimate of drug-likeness (QED) is 0.334. The Morgan fingerprint density at radius 2 is 1.87 bits per heavy atom. The van der Waals surface area contributed by atoms with Gasteiger partial charge in [-0.2, -0.15) is 14.9 Å². The minimum absolute atomic E-state index is 0.0195. The second kappa shape index (κ2) is 11.3. The second-order valence-corrected chi connectivity index (χ2v) is 9.52. The topological polar surface area (TPSA) is 118 Å². The van der Waals surface area contributed by atoms with E-state index in [4.69, 9.17) is 10.5 Å². The second-order valence-electron chi connectivity index (χ2n) is 9.52. The smallest absolute Gasteiger partial charge is 0.276 e. The molecule has 206 valence electrons. The van der Waals surface area contributed by atoms with Gasteiger partial charge in [-0.25, -0.2) is 8.78 Å². The molecule has 2 heterocycles. The molecule has 3 N–H and O–H groups in total. The standard InChI is InChI=1S/C27H31F2N7O3/c1-15(2)35(31-4)22-11-9-20(25(16(22)3)34-13-19(30)23(14-34)39-5)32-27(38)21-10-12-24(37)36(33-21)26-17(28)7-6-8-18(26)29/h6-12,15,19,23H,4,13-14,30H2,1-3,5H3,(H,32,38)/t19-,23-/m0/s1. The molecule has 0 spiro atoms. The van der Waals surface area contributed by atoms with Gasteiger partial charge in [0.05, 0.1) is 29.2 Å². The zero-order valence-corrected chi connectivity index (χ0v) is 22.2. The number of hydrazone groups is 1. The highest BCUT2D eigenvalue weighted by Crippen LogP contribution is 2.39. The number of nitrogens with zero attached hydrogens (tertiary/aromatic N) is 5. The summed E-state index contributed by atoms with van der Waals surface area (Å²) in [6, 6.07) is 8.72. The van der Waals surface area contributed by atoms with E-state index in [1.165, 1.54) is 12.1 Å². The minimum Gasteiger partial charge on any atom is -0.378 e. The monoisotopic (exact) mass is 539 g/mol. The average molecular weight is 540 g/mol. The number of rotatable bonds is 8. The van der Waals surface area contributed by atoms with Crippen LogP contribution in [-0.2, 0) is 4.74 Å². The SMILES string of the molecule is C=NN(c1ccc(NC(=O)c2ccc(=O)n(-c3c(F)cccc3F)n2)c(N2C[C@H](OC)[C@@H](N)C2)c1C)C(C)C. The first kappa shape index (κ1) is 27.9. The van der Waals surface area contributed by atoms with Crippen LogP contribution in [0.3, 0.4) is 0 Å². The first-order valence-electron chi connectivity index (χ1n) is 12.4. The summed E-state index contributed by atoms with van der Waals surface area (Å²) in [5.74, 6) is -2.65. The van der Waals surface area contributed by atoms with E-state index in [1.54, 1.807) is 18.2 Å². The number of nitrogens with two attached hydrogens (primary N) is 1. The molecule has 0 bridgehead atoms. The average Bonchev–Trinajstić information content (AvgIpc) is 3.26. The van der Waals surface area contributed by atoms with E-state index in [2.05, 4.69) is 22.2 Å². The fourth-order valence-corrected chi connectivity index (χ4v) is 4.77. The zero-order chi connectivity index (χ0) is 28.4. The Balaban J connectivity index is 1.76. The van der Waals surface area contributed by atoms with E-state index in [0.717, 1.165) is 29.4 Å². The Labute approximate surface area is 224 Å². The molecule has 2 atom stereocenters. The molecule has 0 radical (unpaired) electrons. The number of para-hydroxylation sites is 1. The van der Waals surface area contributed by atoms with E-state index in [9.17, 15) is 18.4 Å². The van der Waals surface area contributed by atoms with Gasteiger partial charge in [-0.05, 0) is 56.7 Å². The van der Waals surface area contributed by atoms with Crippen LogP contribution in [0.5, 0.6) is 0 Å². The third-order valence-electron chi connectivity index (χ3n) is 6.65. The van der Waals surface area contributed by atoms with Crippen LogP contribution in [0.4, 0.5) is 25.8 Å². The first-order valence-corrected chi connectivity index (χ1v) is 12.4. The maximum Gasteiger partial charge on any atom is 0.276 e. The molecular weight excluding hydrogens is 508 g/mol. The molecule has 1 amide bonds. The van der Waals surface area contributed by atoms with Gasteiger partial charge in [0, 0.05) is 39.0 Å². The van der Waals surface area contributed by atoms with E-state index >= 15 is 0 Å². The predicted molar refractivity (Wildman–Crippen MR) is 147 cm³/mol. The van der Waals surface area contributed by atoms with Crippen LogP contribution in [0.2, 0.25) is 0 Å². The number of amides is 1. The molecule has 0 aliphatic carbocycles. The number of halogens is 2. The zero-order valence-electron chi connectivity index (χ0n) is 22.2. The van der Waals surface area contributed by atoms with Crippen LogP contribution in [0.25, 0.3) is 5.69 Å². The molecular formula is C27H31F2N7O3. The number of anilines is 3. The van der Waals surface area contributed by atoms with E-state index in [-0.39, 0.29) is 23.9 Å². The largest absolute Gasteiger partial charge is 0.378 e. The van der Waals surface area contributed by atoms with Crippen LogP contribution >= 0.6 is 0 Å². The lowest BCUT2D eigenvalue weighted by Gasteiger charge is -2.30. The Morgan fingerprint density at radius 1 is 1.18 bits per heavy atom. The molecule has 0 saturated carbocycles. The van der Waals surface area contributed by atoms with Crippen molar-refractivity contribution in [3.05, 3.63) is 75.7 Å². The number of nitrogens with one attached hydrogen (secondary N) is 1. The van der Waals surface area contributed by atoms with Crippen molar-refractivity contribution in [2.24, 2.45) is 10.8 Å². The van der Waals surface area contributed by atoms with Crippen molar-refractivity contribution < 1.29 is 18.3 Å². The van der Waals surface area contributed by atoms with Crippen molar-refractivity contribution in [1.82, 2.24) is 9.78 Å². The van der Waals surface area contributed by atoms with Crippen LogP contribution in [-0.4, -0.2) is 60.8 Å². The molecule has 1 aromatic heterocycles. The molecule has 1 saturated heterocycles. The molecule has 1 aliphatic heterocycles. The number of methoxy groups -OCH3 is 1. The number of aromatic nitrogens is 2. The van der Waals surface area contributed by atoms with Crippen molar-refractivity contribution in [1.29, 1.82) is 0 Å². The van der Waals surface area contributed by atoms with Crippen molar-refractivity contribution in [3.63, 3.8) is 0 Å². The number of carbonyl (C=O) groups excluding carboxylic acids is 1. The fourth-order valence-electron chi connectivity index (χ4n) is 4.77.